The molecule has 0 bridgehead atoms. The van der Waals surface area contributed by atoms with E-state index in [0.717, 1.165) is 132 Å². The maximum Gasteiger partial charge on any atom is 0.126 e. The van der Waals surface area contributed by atoms with Crippen LogP contribution in [0.5, 0.6) is 0 Å². The van der Waals surface area contributed by atoms with Gasteiger partial charge in [0, 0.05) is 95.9 Å². The molecule has 10 N–H and O–H groups in total. The third-order valence-corrected chi connectivity index (χ3v) is 30.2. The van der Waals surface area contributed by atoms with E-state index in [2.05, 4.69) is 252 Å². The molecule has 0 aliphatic heterocycles. The lowest BCUT2D eigenvalue weighted by Gasteiger charge is -2.41. The van der Waals surface area contributed by atoms with Crippen molar-refractivity contribution in [3.8, 4) is 0 Å². The highest BCUT2D eigenvalue weighted by Gasteiger charge is 2.42. The summed E-state index contributed by atoms with van der Waals surface area (Å²) in [6.45, 7) is 34.3. The average Bonchev–Trinajstić information content (AvgIpc) is 0.908. The summed E-state index contributed by atoms with van der Waals surface area (Å²) in [6.07, 6.45) is 24.0. The average molecular weight is 1920 g/mol. The Labute approximate surface area is 814 Å². The smallest absolute Gasteiger partial charge is 0.126 e. The van der Waals surface area contributed by atoms with E-state index in [1.54, 1.807) is 21.8 Å². The maximum absolute atomic E-state index is 14.0. The van der Waals surface area contributed by atoms with Crippen molar-refractivity contribution in [3.63, 3.8) is 0 Å². The Hall–Kier alpha value is -9.35. The Morgan fingerprint density at radius 2 is 0.667 bits per heavy atom. The Kier molecular flexibility index (Phi) is 37.9. The van der Waals surface area contributed by atoms with E-state index in [0.29, 0.717) is 41.9 Å². The van der Waals surface area contributed by atoms with Gasteiger partial charge in [0.15, 0.2) is 0 Å². The molecule has 4 saturated carbocycles. The number of benzene rings is 8. The minimum Gasteiger partial charge on any atom is -0.391 e. The zero-order chi connectivity index (χ0) is 100. The number of azide groups is 1. The second kappa shape index (κ2) is 47.9. The Morgan fingerprint density at radius 3 is 0.942 bits per heavy atom. The minimum atomic E-state index is -1.74. The number of rotatable bonds is 32. The molecule has 10 aromatic rings. The lowest BCUT2D eigenvalue weighted by Crippen LogP contribution is -2.51. The summed E-state index contributed by atoms with van der Waals surface area (Å²) < 4.78 is 113. The Bertz CT molecular complexity index is 5500. The molecule has 14 rings (SSSR count). The van der Waals surface area contributed by atoms with Crippen molar-refractivity contribution in [2.24, 2.45) is 10.8 Å². The van der Waals surface area contributed by atoms with Gasteiger partial charge < -0.3 is 47.4 Å². The molecule has 27 heteroatoms. The quantitative estimate of drug-likeness (QED) is 0.00625. The van der Waals surface area contributed by atoms with E-state index in [1.807, 2.05) is 6.20 Å². The van der Waals surface area contributed by atoms with Gasteiger partial charge in [0.2, 0.25) is 0 Å². The maximum atomic E-state index is 14.0. The number of hydrogen-bond donors (Lipinski definition) is 9. The molecule has 4 fully saturated rings. The van der Waals surface area contributed by atoms with Crippen molar-refractivity contribution in [2.75, 3.05) is 26.2 Å². The van der Waals surface area contributed by atoms with E-state index in [-0.39, 0.29) is 76.0 Å². The van der Waals surface area contributed by atoms with E-state index >= 15 is 0 Å². The number of nitrogens with one attached hydrogen (secondary N) is 4. The van der Waals surface area contributed by atoms with Crippen LogP contribution in [0.4, 0.5) is 35.1 Å². The van der Waals surface area contributed by atoms with E-state index in [4.69, 9.17) is 11.3 Å². The van der Waals surface area contributed by atoms with Gasteiger partial charge in [-0.3, -0.25) is 0 Å². The number of nitrogens with zero attached hydrogens (tertiary/aromatic N) is 9. The summed E-state index contributed by atoms with van der Waals surface area (Å²) in [5.41, 5.74) is 26.3. The lowest BCUT2D eigenvalue weighted by atomic mass is 9.74. The van der Waals surface area contributed by atoms with Crippen molar-refractivity contribution < 1.29 is 55.5 Å². The van der Waals surface area contributed by atoms with Crippen LogP contribution in [0.2, 0.25) is 19.6 Å². The molecule has 748 valence electrons. The van der Waals surface area contributed by atoms with Gasteiger partial charge in [-0.1, -0.05) is 292 Å². The van der Waals surface area contributed by atoms with Crippen LogP contribution in [0.25, 0.3) is 10.4 Å². The number of aliphatic hydroxyl groups excluding tert-OH is 4. The third kappa shape index (κ3) is 30.6. The molecule has 0 saturated heterocycles. The first-order chi connectivity index (χ1) is 65.1. The van der Waals surface area contributed by atoms with Crippen LogP contribution in [0.15, 0.2) is 194 Å². The van der Waals surface area contributed by atoms with Gasteiger partial charge >= 0.3 is 0 Å². The molecular weight excluding hydrogens is 1770 g/mol. The van der Waals surface area contributed by atoms with Gasteiger partial charge in [0.25, 0.3) is 0 Å². The molecule has 138 heavy (non-hydrogen) atoms. The van der Waals surface area contributed by atoms with Crippen LogP contribution in [0.3, 0.4) is 0 Å². The van der Waals surface area contributed by atoms with Gasteiger partial charge in [0.05, 0.1) is 54.1 Å². The van der Waals surface area contributed by atoms with Crippen LogP contribution < -0.4 is 32.3 Å². The number of nitrogens with two attached hydrogens (primary N) is 1. The number of aliphatic hydroxyl groups is 4. The molecule has 18 nitrogen and oxygen atoms in total. The highest BCUT2D eigenvalue weighted by Crippen LogP contribution is 2.45. The monoisotopic (exact) mass is 1920 g/mol. The first kappa shape index (κ1) is 109. The Morgan fingerprint density at radius 1 is 0.384 bits per heavy atom. The van der Waals surface area contributed by atoms with Crippen LogP contribution in [-0.2, 0) is 69.5 Å². The normalized spacial score (nSPS) is 17.9. The number of aromatic nitrogens is 6. The van der Waals surface area contributed by atoms with Gasteiger partial charge in [-0.2, -0.15) is 0 Å². The van der Waals surface area contributed by atoms with Crippen molar-refractivity contribution in [3.05, 3.63) is 312 Å². The van der Waals surface area contributed by atoms with Gasteiger partial charge in [-0.15, -0.1) is 10.2 Å². The van der Waals surface area contributed by atoms with E-state index < -0.39 is 103 Å². The molecule has 0 radical (unpaired) electrons. The summed E-state index contributed by atoms with van der Waals surface area (Å²) in [7, 11) is -1.74. The second-order valence-corrected chi connectivity index (χ2v) is 49.4. The molecule has 4 aliphatic carbocycles. The van der Waals surface area contributed by atoms with E-state index in [9.17, 15) is 55.5 Å². The fourth-order valence-electron chi connectivity index (χ4n) is 20.1. The molecule has 2 heterocycles. The standard InChI is InChI=1S/C31H44F2N4OSi.C28H36F2N4O.C26H34F2N4O.C26H36F2N2O/c1-30(2,3)23-11-10-12-24(18-23)31(13-8-7-9-14-31)34-20-28(38)27(17-22-15-25(32)19-26(33)16-22)37-21-29(35-36-37)39(4,5)6;1-27(2,3)21-8-7-9-22(17-21)28(10-5-4-6-11-28)31-19-26(35)25(34-13-12-32-33-34)16-20-14-23(29)18-24(30)15-20;1-25(2,3)19-8-7-9-20(15-19)26(10-5-4-6-11-26)30-17-24(33)23(31-32-29)14-18-12-21(27)16-22(28)13-18;1-25(2,3)19-8-7-9-20(15-19)26(10-5-4-6-11-26)30-17-24(31)23(29)14-18-12-21(27)16-22(28)13-18/h10-12,15-16,18-19,21,27-28,34,38H,7-9,13-14,17,20H2,1-6H3;7-9,12-15,17-18,25-26,31,35H,4-6,10-11,16,19H2,1-3H3;7-9,12-13,15-16,23-24,30,33H,4-6,10-11,14,17H2,1-3H3;7-9,12-13,15-16,23-24,30-31H,4-6,10-11,14,17,29H2,1-3H3/t27-,28+;25-,26+;2*23-,24+/m0000/s1. The molecule has 0 spiro atoms. The summed E-state index contributed by atoms with van der Waals surface area (Å²) in [4.78, 5) is 2.86. The van der Waals surface area contributed by atoms with Gasteiger partial charge in [-0.25, -0.2) is 44.5 Å². The summed E-state index contributed by atoms with van der Waals surface area (Å²) in [5.74, 6) is -5.18. The van der Waals surface area contributed by atoms with Gasteiger partial charge in [0.1, 0.15) is 54.6 Å². The minimum absolute atomic E-state index is 0.0260. The summed E-state index contributed by atoms with van der Waals surface area (Å²) >= 11 is 0. The SMILES string of the molecule is CC(C)(C)c1cccc(C2(NC[C@@H](O)[C@@H](N)Cc3cc(F)cc(F)c3)CCCCC2)c1.CC(C)(C)c1cccc(C2(NC[C@@H](O)[C@H](Cc3cc(F)cc(F)c3)N=[N+]=[N-])CCCCC2)c1.CC(C)(C)c1cccc(C2(NC[C@@H](O)[C@H](Cc3cc(F)cc(F)c3)n3cc([Si](C)(C)C)nn3)CCCCC2)c1.CC(C)(C)c1cccc(C2(NC[C@@H](O)[C@H](Cc3cc(F)cc(F)c3)n3ccnn3)CCCCC2)c1. The zero-order valence-corrected chi connectivity index (χ0v) is 84.7. The summed E-state index contributed by atoms with van der Waals surface area (Å²) in [5, 5.41) is 80.7. The first-order valence-electron chi connectivity index (χ1n) is 49.7. The van der Waals surface area contributed by atoms with Crippen LogP contribution >= 0.6 is 0 Å². The van der Waals surface area contributed by atoms with Crippen LogP contribution in [-0.4, -0.2) is 121 Å². The fourth-order valence-corrected chi connectivity index (χ4v) is 21.0. The van der Waals surface area contributed by atoms with Crippen molar-refractivity contribution in [1.82, 2.24) is 51.3 Å². The second-order valence-electron chi connectivity index (χ2n) is 44.4. The topological polar surface area (TPSA) is 265 Å². The number of halogens is 8. The lowest BCUT2D eigenvalue weighted by molar-refractivity contribution is 0.0853. The molecule has 0 unspecified atom stereocenters. The molecule has 0 amide bonds. The zero-order valence-electron chi connectivity index (χ0n) is 83.7. The predicted octanol–water partition coefficient (Wildman–Crippen LogP) is 22.7. The molecule has 2 aromatic heterocycles. The molecule has 8 atom stereocenters. The summed E-state index contributed by atoms with van der Waals surface area (Å²) in [6, 6.07) is 46.0. The van der Waals surface area contributed by atoms with Crippen LogP contribution in [0.1, 0.15) is 290 Å². The van der Waals surface area contributed by atoms with Gasteiger partial charge in [-0.05, 0) is 220 Å². The fraction of sp³-hybridized carbons (Fsp3) is 0.532. The Balaban J connectivity index is 0.000000177. The number of hydrogen-bond acceptors (Lipinski definition) is 14. The van der Waals surface area contributed by atoms with E-state index in [1.165, 1.54) is 119 Å². The molecule has 8 aromatic carbocycles. The predicted molar refractivity (Wildman–Crippen MR) is 538 cm³/mol. The van der Waals surface area contributed by atoms with Crippen molar-refractivity contribution >= 4 is 13.4 Å². The molecular formula is C111H150F8N14O4Si. The molecule has 4 aliphatic rings. The van der Waals surface area contributed by atoms with Crippen LogP contribution in [0, 0.1) is 46.5 Å². The highest BCUT2D eigenvalue weighted by molar-refractivity contribution is 6.88. The highest BCUT2D eigenvalue weighted by atomic mass is 28.3. The van der Waals surface area contributed by atoms with Crippen molar-refractivity contribution in [2.45, 2.75) is 349 Å². The third-order valence-electron chi connectivity index (χ3n) is 28.5. The largest absolute Gasteiger partial charge is 0.391 e. The first-order valence-corrected chi connectivity index (χ1v) is 53.2. The van der Waals surface area contributed by atoms with Crippen molar-refractivity contribution in [1.29, 1.82) is 0 Å².